The fourth-order valence-electron chi connectivity index (χ4n) is 3.75. The van der Waals surface area contributed by atoms with Gasteiger partial charge < -0.3 is 14.4 Å². The molecule has 3 aromatic rings. The summed E-state index contributed by atoms with van der Waals surface area (Å²) in [4.78, 5) is 15.0. The first-order chi connectivity index (χ1) is 15.1. The largest absolute Gasteiger partial charge is 0.486 e. The topological polar surface area (TPSA) is 38.8 Å². The summed E-state index contributed by atoms with van der Waals surface area (Å²) >= 11 is 6.67. The van der Waals surface area contributed by atoms with Crippen molar-refractivity contribution < 1.29 is 18.7 Å². The van der Waals surface area contributed by atoms with Crippen molar-refractivity contribution in [3.63, 3.8) is 0 Å². The van der Waals surface area contributed by atoms with Crippen LogP contribution in [-0.2, 0) is 6.61 Å². The maximum Gasteiger partial charge on any atom is 0.347 e. The van der Waals surface area contributed by atoms with Gasteiger partial charge in [-0.2, -0.15) is 0 Å². The maximum absolute atomic E-state index is 15.4. The lowest BCUT2D eigenvalue weighted by molar-refractivity contribution is 0.0728. The third-order valence-corrected chi connectivity index (χ3v) is 5.70. The van der Waals surface area contributed by atoms with Gasteiger partial charge in [0.1, 0.15) is 22.9 Å². The van der Waals surface area contributed by atoms with Crippen LogP contribution in [0.15, 0.2) is 60.7 Å². The summed E-state index contributed by atoms with van der Waals surface area (Å²) in [5.41, 5.74) is 1.36. The van der Waals surface area contributed by atoms with E-state index in [4.69, 9.17) is 21.1 Å². The number of rotatable bonds is 6. The van der Waals surface area contributed by atoms with Crippen molar-refractivity contribution >= 4 is 23.3 Å². The van der Waals surface area contributed by atoms with E-state index in [1.807, 2.05) is 41.3 Å². The zero-order valence-electron chi connectivity index (χ0n) is 17.2. The van der Waals surface area contributed by atoms with Crippen LogP contribution in [0.1, 0.15) is 34.3 Å². The van der Waals surface area contributed by atoms with Gasteiger partial charge in [0.15, 0.2) is 11.6 Å². The number of para-hydroxylation sites is 1. The van der Waals surface area contributed by atoms with Crippen LogP contribution in [0.5, 0.6) is 11.5 Å². The molecule has 0 unspecified atom stereocenters. The minimum absolute atomic E-state index is 0.00484. The van der Waals surface area contributed by atoms with Gasteiger partial charge in [0.2, 0.25) is 0 Å². The lowest BCUT2D eigenvalue weighted by Crippen LogP contribution is -2.22. The molecule has 4 nitrogen and oxygen atoms in total. The first-order valence-corrected chi connectivity index (χ1v) is 10.6. The van der Waals surface area contributed by atoms with Crippen molar-refractivity contribution in [1.29, 1.82) is 0 Å². The van der Waals surface area contributed by atoms with E-state index >= 15 is 4.39 Å². The molecule has 1 aliphatic heterocycles. The standard InChI is InChI=1S/C25H23ClFNO3/c1-17-20(25(29)31-19-12-6-3-7-13-19)24(30-16-18-10-4-2-5-11-18)21(26)23(22(17)27)28-14-8-9-15-28/h2-7,10-13H,8-9,14-16H2,1H3. The molecule has 3 aromatic carbocycles. The highest BCUT2D eigenvalue weighted by molar-refractivity contribution is 6.35. The fourth-order valence-corrected chi connectivity index (χ4v) is 4.10. The summed E-state index contributed by atoms with van der Waals surface area (Å²) in [7, 11) is 0. The molecule has 1 fully saturated rings. The van der Waals surface area contributed by atoms with E-state index in [0.717, 1.165) is 18.4 Å². The number of carbonyl (C=O) groups excluding carboxylic acids is 1. The first-order valence-electron chi connectivity index (χ1n) is 10.3. The molecule has 31 heavy (non-hydrogen) atoms. The summed E-state index contributed by atoms with van der Waals surface area (Å²) in [6.45, 7) is 3.17. The second-order valence-electron chi connectivity index (χ2n) is 7.48. The van der Waals surface area contributed by atoms with Crippen LogP contribution < -0.4 is 14.4 Å². The van der Waals surface area contributed by atoms with Crippen molar-refractivity contribution in [2.24, 2.45) is 0 Å². The van der Waals surface area contributed by atoms with Crippen LogP contribution in [0.3, 0.4) is 0 Å². The quantitative estimate of drug-likeness (QED) is 0.339. The van der Waals surface area contributed by atoms with Crippen LogP contribution in [-0.4, -0.2) is 19.1 Å². The molecule has 0 amide bonds. The Morgan fingerprint density at radius 2 is 1.65 bits per heavy atom. The predicted octanol–water partition coefficient (Wildman–Crippen LogP) is 6.19. The Kier molecular flexibility index (Phi) is 6.42. The van der Waals surface area contributed by atoms with Crippen LogP contribution in [0.25, 0.3) is 0 Å². The zero-order valence-corrected chi connectivity index (χ0v) is 18.0. The van der Waals surface area contributed by atoms with E-state index in [2.05, 4.69) is 0 Å². The highest BCUT2D eigenvalue weighted by atomic mass is 35.5. The third-order valence-electron chi connectivity index (χ3n) is 5.35. The molecule has 0 aromatic heterocycles. The van der Waals surface area contributed by atoms with E-state index in [9.17, 15) is 4.79 Å². The number of benzene rings is 3. The fraction of sp³-hybridized carbons (Fsp3) is 0.240. The SMILES string of the molecule is Cc1c(F)c(N2CCCC2)c(Cl)c(OCc2ccccc2)c1C(=O)Oc1ccccc1. The Hall–Kier alpha value is -3.05. The van der Waals surface area contributed by atoms with E-state index < -0.39 is 11.8 Å². The number of ether oxygens (including phenoxy) is 2. The second-order valence-corrected chi connectivity index (χ2v) is 7.85. The van der Waals surface area contributed by atoms with Crippen molar-refractivity contribution in [3.05, 3.63) is 88.2 Å². The third kappa shape index (κ3) is 4.52. The van der Waals surface area contributed by atoms with Crippen LogP contribution in [0.2, 0.25) is 5.02 Å². The summed E-state index contributed by atoms with van der Waals surface area (Å²) in [6, 6.07) is 18.2. The van der Waals surface area contributed by atoms with Gasteiger partial charge in [0.05, 0.1) is 5.69 Å². The minimum atomic E-state index is -0.708. The average molecular weight is 440 g/mol. The Morgan fingerprint density at radius 1 is 1.03 bits per heavy atom. The van der Waals surface area contributed by atoms with E-state index in [-0.39, 0.29) is 34.2 Å². The Morgan fingerprint density at radius 3 is 2.29 bits per heavy atom. The molecule has 0 radical (unpaired) electrons. The van der Waals surface area contributed by atoms with Crippen LogP contribution in [0, 0.1) is 12.7 Å². The smallest absolute Gasteiger partial charge is 0.347 e. The summed E-state index contributed by atoms with van der Waals surface area (Å²) in [5.74, 6) is -0.715. The van der Waals surface area contributed by atoms with Gasteiger partial charge in [-0.1, -0.05) is 60.1 Å². The average Bonchev–Trinajstić information content (AvgIpc) is 3.31. The first kappa shape index (κ1) is 21.2. The number of carbonyl (C=O) groups is 1. The molecule has 1 saturated heterocycles. The molecule has 160 valence electrons. The lowest BCUT2D eigenvalue weighted by Gasteiger charge is -2.24. The van der Waals surface area contributed by atoms with Gasteiger partial charge in [-0.3, -0.25) is 0 Å². The zero-order chi connectivity index (χ0) is 21.8. The maximum atomic E-state index is 15.4. The summed E-state index contributed by atoms with van der Waals surface area (Å²) in [6.07, 6.45) is 1.93. The van der Waals surface area contributed by atoms with E-state index in [1.54, 1.807) is 31.2 Å². The molecular formula is C25H23ClFNO3. The van der Waals surface area contributed by atoms with Gasteiger partial charge in [0.25, 0.3) is 0 Å². The second kappa shape index (κ2) is 9.40. The molecule has 0 saturated carbocycles. The number of hydrogen-bond acceptors (Lipinski definition) is 4. The summed E-state index contributed by atoms with van der Waals surface area (Å²) in [5, 5.41) is 0.0981. The van der Waals surface area contributed by atoms with Gasteiger partial charge in [0, 0.05) is 18.7 Å². The van der Waals surface area contributed by atoms with Crippen molar-refractivity contribution in [2.75, 3.05) is 18.0 Å². The normalized spacial score (nSPS) is 13.3. The molecule has 0 bridgehead atoms. The van der Waals surface area contributed by atoms with E-state index in [0.29, 0.717) is 18.8 Å². The molecule has 1 aliphatic rings. The minimum Gasteiger partial charge on any atom is -0.486 e. The number of anilines is 1. The summed E-state index contributed by atoms with van der Waals surface area (Å²) < 4.78 is 26.9. The van der Waals surface area contributed by atoms with Gasteiger partial charge in [-0.25, -0.2) is 9.18 Å². The molecule has 1 heterocycles. The molecule has 0 N–H and O–H groups in total. The Balaban J connectivity index is 1.76. The van der Waals surface area contributed by atoms with Crippen LogP contribution in [0.4, 0.5) is 10.1 Å². The van der Waals surface area contributed by atoms with Crippen molar-refractivity contribution in [3.8, 4) is 11.5 Å². The monoisotopic (exact) mass is 439 g/mol. The number of nitrogens with zero attached hydrogens (tertiary/aromatic N) is 1. The Bertz CT molecular complexity index is 1070. The molecule has 0 aliphatic carbocycles. The van der Waals surface area contributed by atoms with Crippen molar-refractivity contribution in [2.45, 2.75) is 26.4 Å². The van der Waals surface area contributed by atoms with Crippen molar-refractivity contribution in [1.82, 2.24) is 0 Å². The molecule has 6 heteroatoms. The highest BCUT2D eigenvalue weighted by Gasteiger charge is 2.31. The number of hydrogen-bond donors (Lipinski definition) is 0. The Labute approximate surface area is 186 Å². The predicted molar refractivity (Wildman–Crippen MR) is 120 cm³/mol. The number of esters is 1. The lowest BCUT2D eigenvalue weighted by atomic mass is 10.0. The van der Waals surface area contributed by atoms with Gasteiger partial charge in [-0.05, 0) is 37.5 Å². The molecular weight excluding hydrogens is 417 g/mol. The van der Waals surface area contributed by atoms with Gasteiger partial charge in [-0.15, -0.1) is 0 Å². The molecule has 0 spiro atoms. The number of halogens is 2. The van der Waals surface area contributed by atoms with Gasteiger partial charge >= 0.3 is 5.97 Å². The molecule has 4 rings (SSSR count). The van der Waals surface area contributed by atoms with Crippen LogP contribution >= 0.6 is 11.6 Å². The highest BCUT2D eigenvalue weighted by Crippen LogP contribution is 2.44. The van der Waals surface area contributed by atoms with E-state index in [1.165, 1.54) is 0 Å². The molecule has 0 atom stereocenters.